The normalized spacial score (nSPS) is 10.5. The van der Waals surface area contributed by atoms with Crippen LogP contribution in [0.25, 0.3) is 0 Å². The van der Waals surface area contributed by atoms with Gasteiger partial charge in [0.2, 0.25) is 0 Å². The lowest BCUT2D eigenvalue weighted by Gasteiger charge is -2.06. The van der Waals surface area contributed by atoms with Crippen molar-refractivity contribution in [1.82, 2.24) is 10.5 Å². The van der Waals surface area contributed by atoms with Crippen molar-refractivity contribution < 1.29 is 18.8 Å². The number of nitrogens with zero attached hydrogens (tertiary/aromatic N) is 1. The molecule has 0 bridgehead atoms. The zero-order chi connectivity index (χ0) is 22.9. The minimum atomic E-state index is -0.274. The molecule has 2 N–H and O–H groups in total. The summed E-state index contributed by atoms with van der Waals surface area (Å²) in [5.41, 5.74) is 2.14. The van der Waals surface area contributed by atoms with Crippen LogP contribution in [0.2, 0.25) is 0 Å². The first-order valence-electron chi connectivity index (χ1n) is 10.5. The van der Waals surface area contributed by atoms with Gasteiger partial charge < -0.3 is 19.9 Å². The minimum Gasteiger partial charge on any atom is -0.486 e. The summed E-state index contributed by atoms with van der Waals surface area (Å²) in [4.78, 5) is 25.0. The molecule has 7 nitrogen and oxygen atoms in total. The van der Waals surface area contributed by atoms with Gasteiger partial charge in [0.1, 0.15) is 12.4 Å². The van der Waals surface area contributed by atoms with Crippen LogP contribution in [-0.4, -0.2) is 23.5 Å². The fourth-order valence-electron chi connectivity index (χ4n) is 3.11. The number of anilines is 1. The van der Waals surface area contributed by atoms with Crippen LogP contribution in [0.5, 0.6) is 5.75 Å². The largest absolute Gasteiger partial charge is 0.486 e. The molecule has 0 unspecified atom stereocenters. The summed E-state index contributed by atoms with van der Waals surface area (Å²) >= 11 is 1.39. The molecule has 0 aliphatic carbocycles. The van der Waals surface area contributed by atoms with Gasteiger partial charge in [0.25, 0.3) is 11.8 Å². The first-order chi connectivity index (χ1) is 16.2. The van der Waals surface area contributed by atoms with E-state index in [4.69, 9.17) is 9.26 Å². The van der Waals surface area contributed by atoms with Gasteiger partial charge >= 0.3 is 0 Å². The van der Waals surface area contributed by atoms with Crippen molar-refractivity contribution in [2.45, 2.75) is 19.4 Å². The molecule has 0 spiro atoms. The van der Waals surface area contributed by atoms with Crippen molar-refractivity contribution in [3.05, 3.63) is 100 Å². The van der Waals surface area contributed by atoms with Gasteiger partial charge in [-0.15, -0.1) is 11.3 Å². The molecule has 33 heavy (non-hydrogen) atoms. The number of rotatable bonds is 10. The monoisotopic (exact) mass is 461 g/mol. The third-order valence-corrected chi connectivity index (χ3v) is 5.67. The Hall–Kier alpha value is -3.91. The SMILES string of the molecule is O=C(NCCCc1ccccc1)c1cc(COc2ccc(NC(=O)c3cccs3)cc2)on1. The van der Waals surface area contributed by atoms with E-state index in [9.17, 15) is 9.59 Å². The van der Waals surface area contributed by atoms with Crippen LogP contribution >= 0.6 is 11.3 Å². The number of ether oxygens (including phenoxy) is 1. The quantitative estimate of drug-likeness (QED) is 0.327. The van der Waals surface area contributed by atoms with Crippen molar-refractivity contribution in [2.75, 3.05) is 11.9 Å². The molecule has 4 aromatic rings. The Labute approximate surface area is 195 Å². The van der Waals surface area contributed by atoms with Crippen molar-refractivity contribution in [3.63, 3.8) is 0 Å². The molecule has 0 fully saturated rings. The number of carbonyl (C=O) groups is 2. The van der Waals surface area contributed by atoms with E-state index < -0.39 is 0 Å². The summed E-state index contributed by atoms with van der Waals surface area (Å²) in [6, 6.07) is 22.3. The highest BCUT2D eigenvalue weighted by Gasteiger charge is 2.13. The van der Waals surface area contributed by atoms with Gasteiger partial charge in [-0.05, 0) is 54.1 Å². The molecule has 8 heteroatoms. The smallest absolute Gasteiger partial charge is 0.273 e. The molecule has 2 heterocycles. The van der Waals surface area contributed by atoms with Gasteiger partial charge in [0.05, 0.1) is 4.88 Å². The summed E-state index contributed by atoms with van der Waals surface area (Å²) in [7, 11) is 0. The predicted molar refractivity (Wildman–Crippen MR) is 127 cm³/mol. The number of hydrogen-bond acceptors (Lipinski definition) is 6. The third kappa shape index (κ3) is 6.54. The van der Waals surface area contributed by atoms with Crippen LogP contribution in [0.4, 0.5) is 5.69 Å². The second kappa shape index (κ2) is 11.1. The second-order valence-corrected chi connectivity index (χ2v) is 8.22. The summed E-state index contributed by atoms with van der Waals surface area (Å²) in [6.45, 7) is 0.691. The van der Waals surface area contributed by atoms with Crippen LogP contribution in [0.1, 0.15) is 37.9 Å². The Morgan fingerprint density at radius 1 is 0.970 bits per heavy atom. The molecule has 168 valence electrons. The Morgan fingerprint density at radius 2 is 1.79 bits per heavy atom. The van der Waals surface area contributed by atoms with Crippen molar-refractivity contribution in [3.8, 4) is 5.75 Å². The lowest BCUT2D eigenvalue weighted by atomic mass is 10.1. The summed E-state index contributed by atoms with van der Waals surface area (Å²) in [5.74, 6) is 0.627. The van der Waals surface area contributed by atoms with Crippen LogP contribution < -0.4 is 15.4 Å². The Kier molecular flexibility index (Phi) is 7.50. The highest BCUT2D eigenvalue weighted by atomic mass is 32.1. The van der Waals surface area contributed by atoms with E-state index in [0.717, 1.165) is 12.8 Å². The maximum Gasteiger partial charge on any atom is 0.273 e. The number of aryl methyl sites for hydroxylation is 1. The Balaban J connectivity index is 1.20. The molecule has 0 aliphatic rings. The fourth-order valence-corrected chi connectivity index (χ4v) is 3.73. The van der Waals surface area contributed by atoms with E-state index in [1.807, 2.05) is 29.6 Å². The highest BCUT2D eigenvalue weighted by molar-refractivity contribution is 7.12. The molecule has 0 saturated heterocycles. The predicted octanol–water partition coefficient (Wildman–Crippen LogP) is 4.93. The maximum atomic E-state index is 12.2. The van der Waals surface area contributed by atoms with E-state index in [1.165, 1.54) is 16.9 Å². The van der Waals surface area contributed by atoms with Crippen molar-refractivity contribution >= 4 is 28.8 Å². The Bertz CT molecular complexity index is 1170. The third-order valence-electron chi connectivity index (χ3n) is 4.80. The molecule has 0 radical (unpaired) electrons. The first-order valence-corrected chi connectivity index (χ1v) is 11.4. The Morgan fingerprint density at radius 3 is 2.55 bits per heavy atom. The summed E-state index contributed by atoms with van der Waals surface area (Å²) in [6.07, 6.45) is 1.74. The van der Waals surface area contributed by atoms with E-state index in [2.05, 4.69) is 27.9 Å². The number of hydrogen-bond donors (Lipinski definition) is 2. The summed E-state index contributed by atoms with van der Waals surface area (Å²) in [5, 5.41) is 11.4. The van der Waals surface area contributed by atoms with Gasteiger partial charge in [-0.1, -0.05) is 41.6 Å². The van der Waals surface area contributed by atoms with E-state index in [1.54, 1.807) is 36.4 Å². The molecule has 0 atom stereocenters. The summed E-state index contributed by atoms with van der Waals surface area (Å²) < 4.78 is 10.9. The standard InChI is InChI=1S/C25H23N3O4S/c29-24(26-14-4-8-18-6-2-1-3-7-18)22-16-21(32-28-22)17-31-20-12-10-19(11-13-20)27-25(30)23-9-5-15-33-23/h1-3,5-7,9-13,15-16H,4,8,14,17H2,(H,26,29)(H,27,30). The lowest BCUT2D eigenvalue weighted by molar-refractivity contribution is 0.0943. The first kappa shape index (κ1) is 22.3. The van der Waals surface area contributed by atoms with E-state index in [0.29, 0.717) is 28.6 Å². The zero-order valence-electron chi connectivity index (χ0n) is 17.8. The maximum absolute atomic E-state index is 12.2. The second-order valence-electron chi connectivity index (χ2n) is 7.27. The van der Waals surface area contributed by atoms with E-state index >= 15 is 0 Å². The molecule has 4 rings (SSSR count). The molecule has 0 aliphatic heterocycles. The molecule has 0 saturated carbocycles. The van der Waals surface area contributed by atoms with Crippen LogP contribution in [0.3, 0.4) is 0 Å². The molecular formula is C25H23N3O4S. The molecule has 2 aromatic heterocycles. The number of carbonyl (C=O) groups excluding carboxylic acids is 2. The van der Waals surface area contributed by atoms with Crippen LogP contribution in [0, 0.1) is 0 Å². The van der Waals surface area contributed by atoms with Gasteiger partial charge in [-0.25, -0.2) is 0 Å². The number of aromatic nitrogens is 1. The van der Waals surface area contributed by atoms with E-state index in [-0.39, 0.29) is 24.1 Å². The van der Waals surface area contributed by atoms with Gasteiger partial charge in [0, 0.05) is 18.3 Å². The van der Waals surface area contributed by atoms with Gasteiger partial charge in [-0.2, -0.15) is 0 Å². The minimum absolute atomic E-state index is 0.134. The highest BCUT2D eigenvalue weighted by Crippen LogP contribution is 2.19. The van der Waals surface area contributed by atoms with Crippen molar-refractivity contribution in [2.24, 2.45) is 0 Å². The molecule has 2 aromatic carbocycles. The molecule has 2 amide bonds. The number of thiophene rings is 1. The van der Waals surface area contributed by atoms with Crippen LogP contribution in [0.15, 0.2) is 82.7 Å². The van der Waals surface area contributed by atoms with Crippen molar-refractivity contribution in [1.29, 1.82) is 0 Å². The number of benzene rings is 2. The topological polar surface area (TPSA) is 93.5 Å². The average Bonchev–Trinajstić information content (AvgIpc) is 3.55. The lowest BCUT2D eigenvalue weighted by Crippen LogP contribution is -2.25. The zero-order valence-corrected chi connectivity index (χ0v) is 18.6. The molecular weight excluding hydrogens is 438 g/mol. The fraction of sp³-hybridized carbons (Fsp3) is 0.160. The average molecular weight is 462 g/mol. The number of nitrogens with one attached hydrogen (secondary N) is 2. The van der Waals surface area contributed by atoms with Gasteiger partial charge in [0.15, 0.2) is 11.5 Å². The van der Waals surface area contributed by atoms with Gasteiger partial charge in [-0.3, -0.25) is 9.59 Å². The van der Waals surface area contributed by atoms with Crippen LogP contribution in [-0.2, 0) is 13.0 Å². The number of amides is 2.